The predicted octanol–water partition coefficient (Wildman–Crippen LogP) is 1.05. The Morgan fingerprint density at radius 3 is 3.14 bits per heavy atom. The first-order chi connectivity index (χ1) is 6.75. The van der Waals surface area contributed by atoms with Crippen molar-refractivity contribution < 1.29 is 14.1 Å². The maximum absolute atomic E-state index is 10.8. The van der Waals surface area contributed by atoms with Crippen LogP contribution in [0.4, 0.5) is 0 Å². The van der Waals surface area contributed by atoms with Gasteiger partial charge in [-0.15, -0.1) is 0 Å². The van der Waals surface area contributed by atoms with Crippen molar-refractivity contribution in [2.45, 2.75) is 32.3 Å². The smallest absolute Gasteiger partial charge is 0.255 e. The lowest BCUT2D eigenvalue weighted by molar-refractivity contribution is -0.116. The van der Waals surface area contributed by atoms with E-state index in [0.29, 0.717) is 11.7 Å². The molecule has 0 spiro atoms. The van der Waals surface area contributed by atoms with Crippen molar-refractivity contribution in [2.24, 2.45) is 0 Å². The molecule has 5 heteroatoms. The summed E-state index contributed by atoms with van der Waals surface area (Å²) in [6.45, 7) is 2.25. The Labute approximate surface area is 81.4 Å². The van der Waals surface area contributed by atoms with E-state index in [2.05, 4.69) is 10.1 Å². The van der Waals surface area contributed by atoms with Gasteiger partial charge in [0.05, 0.1) is 6.42 Å². The van der Waals surface area contributed by atoms with Crippen molar-refractivity contribution in [1.82, 2.24) is 10.1 Å². The Kier molecular flexibility index (Phi) is 2.58. The van der Waals surface area contributed by atoms with Crippen LogP contribution in [0.5, 0.6) is 0 Å². The molecule has 0 saturated carbocycles. The molecule has 0 N–H and O–H groups in total. The fourth-order valence-corrected chi connectivity index (χ4v) is 1.47. The summed E-state index contributed by atoms with van der Waals surface area (Å²) in [6, 6.07) is 0. The lowest BCUT2D eigenvalue weighted by atomic mass is 10.2. The quantitative estimate of drug-likeness (QED) is 0.723. The minimum Gasteiger partial charge on any atom is -0.368 e. The number of rotatable bonds is 3. The van der Waals surface area contributed by atoms with Gasteiger partial charge in [0.25, 0.3) is 5.89 Å². The number of hydrogen-bond acceptors (Lipinski definition) is 5. The minimum absolute atomic E-state index is 0.0321. The van der Waals surface area contributed by atoms with Crippen LogP contribution in [0.15, 0.2) is 4.52 Å². The van der Waals surface area contributed by atoms with E-state index in [1.165, 1.54) is 6.92 Å². The van der Waals surface area contributed by atoms with Crippen molar-refractivity contribution in [2.75, 3.05) is 6.61 Å². The molecule has 1 unspecified atom stereocenters. The van der Waals surface area contributed by atoms with Crippen LogP contribution < -0.4 is 0 Å². The van der Waals surface area contributed by atoms with Gasteiger partial charge in [-0.1, -0.05) is 5.16 Å². The first-order valence-electron chi connectivity index (χ1n) is 4.69. The summed E-state index contributed by atoms with van der Waals surface area (Å²) in [7, 11) is 0. The Bertz CT molecular complexity index is 329. The number of aromatic nitrogens is 2. The van der Waals surface area contributed by atoms with Gasteiger partial charge >= 0.3 is 0 Å². The van der Waals surface area contributed by atoms with Crippen molar-refractivity contribution in [3.63, 3.8) is 0 Å². The van der Waals surface area contributed by atoms with E-state index in [1.807, 2.05) is 0 Å². The Morgan fingerprint density at radius 2 is 2.50 bits per heavy atom. The number of ketones is 1. The highest BCUT2D eigenvalue weighted by Gasteiger charge is 2.23. The number of carbonyl (C=O) groups is 1. The maximum Gasteiger partial charge on any atom is 0.255 e. The zero-order valence-corrected chi connectivity index (χ0v) is 8.02. The fraction of sp³-hybridized carbons (Fsp3) is 0.667. The second-order valence-corrected chi connectivity index (χ2v) is 3.43. The van der Waals surface area contributed by atoms with Crippen LogP contribution in [0.25, 0.3) is 0 Å². The number of Topliss-reactive ketones (excluding diaryl/α,β-unsaturated/α-hetero) is 1. The second-order valence-electron chi connectivity index (χ2n) is 3.43. The molecule has 1 aromatic heterocycles. The molecule has 5 nitrogen and oxygen atoms in total. The lowest BCUT2D eigenvalue weighted by Gasteiger charge is -2.00. The van der Waals surface area contributed by atoms with Gasteiger partial charge in [-0.3, -0.25) is 4.79 Å². The third-order valence-electron chi connectivity index (χ3n) is 2.10. The first-order valence-corrected chi connectivity index (χ1v) is 4.69. The molecule has 0 radical (unpaired) electrons. The van der Waals surface area contributed by atoms with Crippen molar-refractivity contribution in [3.05, 3.63) is 11.7 Å². The third kappa shape index (κ3) is 1.98. The molecule has 2 rings (SSSR count). The van der Waals surface area contributed by atoms with Crippen LogP contribution in [0.3, 0.4) is 0 Å². The summed E-state index contributed by atoms with van der Waals surface area (Å²) in [6.07, 6.45) is 2.11. The molecular formula is C9H12N2O3. The molecule has 1 atom stereocenters. The van der Waals surface area contributed by atoms with Crippen molar-refractivity contribution in [3.8, 4) is 0 Å². The Morgan fingerprint density at radius 1 is 1.64 bits per heavy atom. The normalized spacial score (nSPS) is 21.4. The Hall–Kier alpha value is -1.23. The molecule has 1 aliphatic rings. The molecule has 1 saturated heterocycles. The number of nitrogens with zero attached hydrogens (tertiary/aromatic N) is 2. The number of carbonyl (C=O) groups excluding carboxylic acids is 1. The highest BCUT2D eigenvalue weighted by Crippen LogP contribution is 2.26. The summed E-state index contributed by atoms with van der Waals surface area (Å²) in [4.78, 5) is 14.9. The molecule has 1 fully saturated rings. The van der Waals surface area contributed by atoms with Crippen molar-refractivity contribution >= 4 is 5.78 Å². The largest absolute Gasteiger partial charge is 0.368 e. The number of ether oxygens (including phenoxy) is 1. The van der Waals surface area contributed by atoms with E-state index in [4.69, 9.17) is 9.26 Å². The van der Waals surface area contributed by atoms with E-state index in [0.717, 1.165) is 19.4 Å². The van der Waals surface area contributed by atoms with E-state index >= 15 is 0 Å². The fourth-order valence-electron chi connectivity index (χ4n) is 1.47. The van der Waals surface area contributed by atoms with Gasteiger partial charge in [-0.2, -0.15) is 4.98 Å². The standard InChI is InChI=1S/C9H12N2O3/c1-6(12)5-8-10-9(14-11-8)7-3-2-4-13-7/h7H,2-5H2,1H3. The summed E-state index contributed by atoms with van der Waals surface area (Å²) < 4.78 is 10.4. The SMILES string of the molecule is CC(=O)Cc1noc(C2CCCO2)n1. The molecule has 1 aliphatic heterocycles. The molecular weight excluding hydrogens is 184 g/mol. The van der Waals surface area contributed by atoms with Crippen LogP contribution >= 0.6 is 0 Å². The van der Waals surface area contributed by atoms with Gasteiger partial charge in [0.15, 0.2) is 5.82 Å². The average molecular weight is 196 g/mol. The van der Waals surface area contributed by atoms with E-state index < -0.39 is 0 Å². The van der Waals surface area contributed by atoms with Gasteiger partial charge in [0.1, 0.15) is 11.9 Å². The molecule has 1 aromatic rings. The third-order valence-corrected chi connectivity index (χ3v) is 2.10. The van der Waals surface area contributed by atoms with Crippen LogP contribution in [-0.4, -0.2) is 22.5 Å². The van der Waals surface area contributed by atoms with Crippen LogP contribution in [0, 0.1) is 0 Å². The molecule has 0 amide bonds. The summed E-state index contributed by atoms with van der Waals surface area (Å²) in [5.41, 5.74) is 0. The van der Waals surface area contributed by atoms with Crippen molar-refractivity contribution in [1.29, 1.82) is 0 Å². The van der Waals surface area contributed by atoms with E-state index in [-0.39, 0.29) is 18.3 Å². The highest BCUT2D eigenvalue weighted by molar-refractivity contribution is 5.77. The summed E-state index contributed by atoms with van der Waals surface area (Å²) >= 11 is 0. The molecule has 14 heavy (non-hydrogen) atoms. The molecule has 0 aromatic carbocycles. The van der Waals surface area contributed by atoms with Crippen LogP contribution in [0.1, 0.15) is 37.6 Å². The van der Waals surface area contributed by atoms with E-state index in [1.54, 1.807) is 0 Å². The number of hydrogen-bond donors (Lipinski definition) is 0. The van der Waals surface area contributed by atoms with Gasteiger partial charge in [-0.25, -0.2) is 0 Å². The highest BCUT2D eigenvalue weighted by atomic mass is 16.5. The maximum atomic E-state index is 10.8. The van der Waals surface area contributed by atoms with Gasteiger partial charge < -0.3 is 9.26 Å². The molecule has 0 bridgehead atoms. The topological polar surface area (TPSA) is 65.2 Å². The van der Waals surface area contributed by atoms with Gasteiger partial charge in [-0.05, 0) is 19.8 Å². The zero-order valence-electron chi connectivity index (χ0n) is 8.02. The lowest BCUT2D eigenvalue weighted by Crippen LogP contribution is -2.00. The van der Waals surface area contributed by atoms with Gasteiger partial charge in [0, 0.05) is 6.61 Å². The minimum atomic E-state index is -0.0665. The van der Waals surface area contributed by atoms with E-state index in [9.17, 15) is 4.79 Å². The summed E-state index contributed by atoms with van der Waals surface area (Å²) in [5, 5.41) is 3.71. The predicted molar refractivity (Wildman–Crippen MR) is 46.6 cm³/mol. The second kappa shape index (κ2) is 3.88. The Balaban J connectivity index is 2.05. The molecule has 2 heterocycles. The van der Waals surface area contributed by atoms with Crippen LogP contribution in [-0.2, 0) is 16.0 Å². The molecule has 0 aliphatic carbocycles. The van der Waals surface area contributed by atoms with Crippen LogP contribution in [0.2, 0.25) is 0 Å². The molecule has 76 valence electrons. The van der Waals surface area contributed by atoms with Gasteiger partial charge in [0.2, 0.25) is 0 Å². The monoisotopic (exact) mass is 196 g/mol. The average Bonchev–Trinajstić information content (AvgIpc) is 2.69. The first kappa shape index (κ1) is 9.33. The summed E-state index contributed by atoms with van der Waals surface area (Å²) in [5.74, 6) is 0.978. The zero-order chi connectivity index (χ0) is 9.97.